The van der Waals surface area contributed by atoms with E-state index in [1.54, 1.807) is 0 Å². The molecule has 0 heterocycles. The smallest absolute Gasteiger partial charge is 0.0159 e. The maximum atomic E-state index is 2.43. The average molecular weight is 623 g/mol. The van der Waals surface area contributed by atoms with E-state index >= 15 is 0 Å². The summed E-state index contributed by atoms with van der Waals surface area (Å²) in [6, 6.07) is 63.1. The van der Waals surface area contributed by atoms with Gasteiger partial charge < -0.3 is 0 Å². The van der Waals surface area contributed by atoms with Crippen LogP contribution in [0.5, 0.6) is 0 Å². The highest BCUT2D eigenvalue weighted by Gasteiger charge is 2.35. The summed E-state index contributed by atoms with van der Waals surface area (Å²) in [4.78, 5) is 0. The second-order valence-electron chi connectivity index (χ2n) is 14.1. The molecule has 1 aliphatic rings. The highest BCUT2D eigenvalue weighted by atomic mass is 14.4. The van der Waals surface area contributed by atoms with Crippen LogP contribution in [0.4, 0.5) is 0 Å². The van der Waals surface area contributed by atoms with Gasteiger partial charge in [0.05, 0.1) is 0 Å². The highest BCUT2D eigenvalue weighted by molar-refractivity contribution is 6.23. The molecule has 0 nitrogen and oxygen atoms in total. The molecular weight excluding hydrogens is 589 g/mol. The fraction of sp³-hybridized carbons (Fsp3) is 0.0612. The molecule has 230 valence electrons. The summed E-state index contributed by atoms with van der Waals surface area (Å²) in [7, 11) is 0. The minimum Gasteiger partial charge on any atom is -0.0619 e. The van der Waals surface area contributed by atoms with Gasteiger partial charge in [0.1, 0.15) is 0 Å². The van der Waals surface area contributed by atoms with Gasteiger partial charge in [-0.15, -0.1) is 0 Å². The van der Waals surface area contributed by atoms with Crippen LogP contribution in [-0.4, -0.2) is 0 Å². The molecule has 49 heavy (non-hydrogen) atoms. The third-order valence-corrected chi connectivity index (χ3v) is 11.1. The molecule has 9 aromatic rings. The molecular formula is C49H34. The summed E-state index contributed by atoms with van der Waals surface area (Å²) in [6.07, 6.45) is 0. The normalized spacial score (nSPS) is 13.3. The molecule has 0 heteroatoms. The lowest BCUT2D eigenvalue weighted by molar-refractivity contribution is 0.660. The van der Waals surface area contributed by atoms with Crippen LogP contribution in [0.3, 0.4) is 0 Å². The van der Waals surface area contributed by atoms with E-state index in [2.05, 4.69) is 184 Å². The number of hydrogen-bond acceptors (Lipinski definition) is 0. The van der Waals surface area contributed by atoms with Crippen LogP contribution in [0.2, 0.25) is 0 Å². The Balaban J connectivity index is 1.07. The first kappa shape index (κ1) is 28.1. The van der Waals surface area contributed by atoms with Gasteiger partial charge in [0, 0.05) is 5.41 Å². The van der Waals surface area contributed by atoms with E-state index in [1.807, 2.05) is 0 Å². The zero-order valence-corrected chi connectivity index (χ0v) is 27.7. The zero-order chi connectivity index (χ0) is 32.7. The Morgan fingerprint density at radius 3 is 1.53 bits per heavy atom. The van der Waals surface area contributed by atoms with Gasteiger partial charge in [0.2, 0.25) is 0 Å². The molecule has 0 N–H and O–H groups in total. The first-order valence-electron chi connectivity index (χ1n) is 17.3. The predicted octanol–water partition coefficient (Wildman–Crippen LogP) is 13.6. The SMILES string of the molecule is CC1(C)c2ccccc2-c2ccc(-c3ccc(-c4ccc(-c5cc6ccc7ccccc7c6c6ccccc56)cc4)c4ccccc34)cc21. The zero-order valence-electron chi connectivity index (χ0n) is 27.7. The van der Waals surface area contributed by atoms with Crippen molar-refractivity contribution in [3.63, 3.8) is 0 Å². The van der Waals surface area contributed by atoms with E-state index in [0.29, 0.717) is 0 Å². The van der Waals surface area contributed by atoms with Gasteiger partial charge in [-0.2, -0.15) is 0 Å². The van der Waals surface area contributed by atoms with Crippen molar-refractivity contribution in [3.8, 4) is 44.5 Å². The van der Waals surface area contributed by atoms with Crippen LogP contribution in [0, 0.1) is 0 Å². The standard InChI is InChI=1S/C49H34/c1-49(2)46-18-10-9-16-42(46)43-26-25-34(30-47(43)49)37-28-27-36(39-13-5-6-14-40(37)39)32-19-21-33(22-20-32)45-29-35-24-23-31-11-3-4-12-38(31)48(35)44-17-8-7-15-41(44)45/h3-30H,1-2H3. The quantitative estimate of drug-likeness (QED) is 0.172. The fourth-order valence-corrected chi connectivity index (χ4v) is 8.62. The molecule has 0 aliphatic heterocycles. The number of rotatable bonds is 3. The van der Waals surface area contributed by atoms with Crippen molar-refractivity contribution in [2.45, 2.75) is 19.3 Å². The first-order valence-corrected chi connectivity index (χ1v) is 17.3. The van der Waals surface area contributed by atoms with Gasteiger partial charge in [-0.25, -0.2) is 0 Å². The maximum absolute atomic E-state index is 2.43. The van der Waals surface area contributed by atoms with E-state index < -0.39 is 0 Å². The molecule has 0 radical (unpaired) electrons. The Morgan fingerprint density at radius 1 is 0.306 bits per heavy atom. The van der Waals surface area contributed by atoms with Crippen molar-refractivity contribution in [3.05, 3.63) is 181 Å². The van der Waals surface area contributed by atoms with Gasteiger partial charge in [-0.3, -0.25) is 0 Å². The van der Waals surface area contributed by atoms with Crippen LogP contribution in [-0.2, 0) is 5.41 Å². The van der Waals surface area contributed by atoms with E-state index in [9.17, 15) is 0 Å². The first-order chi connectivity index (χ1) is 24.1. The summed E-state index contributed by atoms with van der Waals surface area (Å²) >= 11 is 0. The second-order valence-corrected chi connectivity index (χ2v) is 14.1. The Morgan fingerprint density at radius 2 is 0.796 bits per heavy atom. The van der Waals surface area contributed by atoms with Crippen LogP contribution in [0.15, 0.2) is 170 Å². The maximum Gasteiger partial charge on any atom is 0.0159 e. The van der Waals surface area contributed by atoms with Crippen LogP contribution >= 0.6 is 0 Å². The lowest BCUT2D eigenvalue weighted by Crippen LogP contribution is -2.14. The third kappa shape index (κ3) is 4.17. The minimum absolute atomic E-state index is 0.0242. The predicted molar refractivity (Wildman–Crippen MR) is 210 cm³/mol. The number of fused-ring (bicyclic) bond motifs is 9. The van der Waals surface area contributed by atoms with Gasteiger partial charge >= 0.3 is 0 Å². The summed E-state index contributed by atoms with van der Waals surface area (Å²) in [5.74, 6) is 0. The van der Waals surface area contributed by atoms with Gasteiger partial charge in [0.25, 0.3) is 0 Å². The third-order valence-electron chi connectivity index (χ3n) is 11.1. The van der Waals surface area contributed by atoms with Crippen LogP contribution in [0.25, 0.3) is 87.6 Å². The molecule has 0 saturated carbocycles. The van der Waals surface area contributed by atoms with E-state index in [4.69, 9.17) is 0 Å². The molecule has 0 aromatic heterocycles. The fourth-order valence-electron chi connectivity index (χ4n) is 8.62. The monoisotopic (exact) mass is 622 g/mol. The van der Waals surface area contributed by atoms with E-state index in [1.165, 1.54) is 98.7 Å². The summed E-state index contributed by atoms with van der Waals surface area (Å²) in [5, 5.41) is 10.3. The molecule has 0 amide bonds. The second kappa shape index (κ2) is 10.5. The van der Waals surface area contributed by atoms with Crippen molar-refractivity contribution in [1.82, 2.24) is 0 Å². The van der Waals surface area contributed by atoms with Crippen molar-refractivity contribution in [1.29, 1.82) is 0 Å². The van der Waals surface area contributed by atoms with Gasteiger partial charge in [-0.05, 0) is 111 Å². The molecule has 10 rings (SSSR count). The Bertz CT molecular complexity index is 2780. The largest absolute Gasteiger partial charge is 0.0619 e. The van der Waals surface area contributed by atoms with Crippen molar-refractivity contribution >= 4 is 43.1 Å². The molecule has 0 bridgehead atoms. The molecule has 1 aliphatic carbocycles. The topological polar surface area (TPSA) is 0 Å². The Hall–Kier alpha value is -5.98. The van der Waals surface area contributed by atoms with Gasteiger partial charge in [-0.1, -0.05) is 172 Å². The van der Waals surface area contributed by atoms with E-state index in [-0.39, 0.29) is 5.41 Å². The van der Waals surface area contributed by atoms with Crippen LogP contribution in [0.1, 0.15) is 25.0 Å². The molecule has 0 spiro atoms. The molecule has 0 fully saturated rings. The summed E-state index contributed by atoms with van der Waals surface area (Å²) in [5.41, 5.74) is 13.1. The summed E-state index contributed by atoms with van der Waals surface area (Å²) < 4.78 is 0. The van der Waals surface area contributed by atoms with Gasteiger partial charge in [0.15, 0.2) is 0 Å². The number of benzene rings is 9. The molecule has 9 aromatic carbocycles. The average Bonchev–Trinajstić information content (AvgIpc) is 3.39. The van der Waals surface area contributed by atoms with Crippen molar-refractivity contribution in [2.24, 2.45) is 0 Å². The molecule has 0 unspecified atom stereocenters. The van der Waals surface area contributed by atoms with E-state index in [0.717, 1.165) is 0 Å². The molecule has 0 saturated heterocycles. The Labute approximate surface area is 286 Å². The Kier molecular flexibility index (Phi) is 6.02. The van der Waals surface area contributed by atoms with Crippen molar-refractivity contribution in [2.75, 3.05) is 0 Å². The number of hydrogen-bond donors (Lipinski definition) is 0. The minimum atomic E-state index is -0.0242. The highest BCUT2D eigenvalue weighted by Crippen LogP contribution is 2.50. The lowest BCUT2D eigenvalue weighted by Gasteiger charge is -2.22. The lowest BCUT2D eigenvalue weighted by atomic mass is 9.81. The summed E-state index contributed by atoms with van der Waals surface area (Å²) in [6.45, 7) is 4.71. The van der Waals surface area contributed by atoms with Crippen molar-refractivity contribution < 1.29 is 0 Å². The van der Waals surface area contributed by atoms with Crippen LogP contribution < -0.4 is 0 Å². The molecule has 0 atom stereocenters.